The summed E-state index contributed by atoms with van der Waals surface area (Å²) in [7, 11) is 15.2. The third kappa shape index (κ3) is 22.4. The minimum atomic E-state index is -2.04. The Balaban J connectivity index is 0.000000303. The third-order valence-corrected chi connectivity index (χ3v) is 17.1. The Bertz CT molecular complexity index is 3360. The van der Waals surface area contributed by atoms with Crippen molar-refractivity contribution < 1.29 is 72.6 Å². The standard InChI is InChI=1S/C21H24FNO3.C21H22FNO2.C13H20O.C8H4FNO2.C4H11N.B5I.ClH/c1-13-5-4-10-20(2,3)16(13)8-7-15(24)12-21(26)17-11-14(22)6-9-18(17)23-19(21)25;1-13-5-4-10-21(2,3)18(13)8-7-15(24)12-17-16-11-14(22)6-9-19(16)23-20(17)25;1-10-6-5-9-13(3,4)12(10)8-7-11(2)14;9-4-1-2-6-5(3-4)7(11)8(12)10-6;1-3-5-4-2;1-4-6-5(2)3;/h6-9,11,26H,4-5,10,12H2,1-3H3,(H,23,25);6-9,11-12H,4-5,10H2,1-3H3,(H,23,25);7-8H,5-6,9H2,1-4H3;1-3H,(H,10,11,12);5H,3-4H2,1-2H3;;1H/q;;;;;-1;/b8-7+;8-7+,17-12+;8-7+;;;;. The Morgan fingerprint density at radius 2 is 1.08 bits per heavy atom. The van der Waals surface area contributed by atoms with Gasteiger partial charge in [0.15, 0.2) is 23.0 Å². The number of nitrogens with one attached hydrogen (secondary N) is 4. The van der Waals surface area contributed by atoms with Gasteiger partial charge in [0.1, 0.15) is 17.5 Å². The molecule has 3 aromatic rings. The molecular formula is C67H82B5ClF3IN4O8-. The fourth-order valence-corrected chi connectivity index (χ4v) is 11.8. The summed E-state index contributed by atoms with van der Waals surface area (Å²) in [5.41, 5.74) is 8.04. The Morgan fingerprint density at radius 3 is 1.51 bits per heavy atom. The molecule has 469 valence electrons. The molecule has 1 atom stereocenters. The first kappa shape index (κ1) is 77.2. The van der Waals surface area contributed by atoms with Crippen LogP contribution < -0.4 is 42.0 Å². The zero-order valence-corrected chi connectivity index (χ0v) is 56.3. The van der Waals surface area contributed by atoms with E-state index in [1.165, 1.54) is 108 Å². The molecule has 0 bridgehead atoms. The summed E-state index contributed by atoms with van der Waals surface area (Å²) in [6.45, 7) is 27.5. The molecule has 5 N–H and O–H groups in total. The van der Waals surface area contributed by atoms with Crippen LogP contribution in [0, 0.1) is 33.7 Å². The van der Waals surface area contributed by atoms with E-state index in [4.69, 9.17) is 23.2 Å². The van der Waals surface area contributed by atoms with Crippen LogP contribution in [-0.2, 0) is 34.4 Å². The summed E-state index contributed by atoms with van der Waals surface area (Å²) >= 11 is -0.223. The molecular weight excluding hydrogens is 1260 g/mol. The molecule has 3 heterocycles. The molecule has 1 unspecified atom stereocenters. The van der Waals surface area contributed by atoms with E-state index in [1.54, 1.807) is 24.1 Å². The molecule has 0 fully saturated rings. The second-order valence-corrected chi connectivity index (χ2v) is 27.2. The number of Topliss-reactive ketones (excluding diaryl/α,β-unsaturated/α-hetero) is 1. The Kier molecular flexibility index (Phi) is 30.4. The molecule has 0 saturated carbocycles. The number of anilines is 3. The zero-order chi connectivity index (χ0) is 65.9. The number of allylic oxidation sites excluding steroid dienone is 13. The van der Waals surface area contributed by atoms with Gasteiger partial charge in [-0.1, -0.05) is 90.3 Å². The Hall–Kier alpha value is -6.02. The van der Waals surface area contributed by atoms with Crippen molar-refractivity contribution in [3.05, 3.63) is 165 Å². The minimum absolute atomic E-state index is 0. The number of fused-ring (bicyclic) bond motifs is 3. The van der Waals surface area contributed by atoms with Gasteiger partial charge in [0, 0.05) is 22.5 Å². The van der Waals surface area contributed by atoms with E-state index in [0.29, 0.717) is 22.6 Å². The predicted molar refractivity (Wildman–Crippen MR) is 355 cm³/mol. The van der Waals surface area contributed by atoms with Crippen molar-refractivity contribution in [1.29, 1.82) is 0 Å². The number of benzene rings is 3. The molecule has 0 aromatic heterocycles. The van der Waals surface area contributed by atoms with Crippen LogP contribution in [0.15, 0.2) is 131 Å². The van der Waals surface area contributed by atoms with Crippen molar-refractivity contribution in [2.45, 2.75) is 153 Å². The monoisotopic (exact) mass is 1340 g/mol. The van der Waals surface area contributed by atoms with E-state index < -0.39 is 47.1 Å². The quantitative estimate of drug-likeness (QED) is 0.0481. The van der Waals surface area contributed by atoms with Gasteiger partial charge in [-0.15, -0.1) is 12.4 Å². The van der Waals surface area contributed by atoms with Crippen LogP contribution in [0.2, 0.25) is 0 Å². The maximum atomic E-state index is 13.5. The van der Waals surface area contributed by atoms with E-state index in [-0.39, 0.29) is 93.7 Å². The Morgan fingerprint density at radius 1 is 0.652 bits per heavy atom. The van der Waals surface area contributed by atoms with Crippen LogP contribution in [0.5, 0.6) is 0 Å². The predicted octanol–water partition coefficient (Wildman–Crippen LogP) is 9.58. The molecule has 3 amide bonds. The van der Waals surface area contributed by atoms with Gasteiger partial charge in [0.05, 0.1) is 23.2 Å². The average molecular weight is 1340 g/mol. The summed E-state index contributed by atoms with van der Waals surface area (Å²) in [6.07, 6.45) is 21.3. The van der Waals surface area contributed by atoms with Crippen molar-refractivity contribution >= 4 is 108 Å². The molecule has 3 aromatic carbocycles. The van der Waals surface area contributed by atoms with Crippen LogP contribution >= 0.6 is 12.4 Å². The van der Waals surface area contributed by atoms with E-state index in [0.717, 1.165) is 69.3 Å². The third-order valence-electron chi connectivity index (χ3n) is 15.9. The van der Waals surface area contributed by atoms with Gasteiger partial charge in [0.25, 0.3) is 23.5 Å². The normalized spacial score (nSPS) is 19.5. The number of hydrogen-bond acceptors (Lipinski definition) is 9. The summed E-state index contributed by atoms with van der Waals surface area (Å²) < 4.78 is 39.4. The van der Waals surface area contributed by atoms with Gasteiger partial charge < -0.3 is 26.4 Å². The zero-order valence-electron chi connectivity index (χ0n) is 53.3. The second-order valence-electron chi connectivity index (χ2n) is 24.3. The summed E-state index contributed by atoms with van der Waals surface area (Å²) in [4.78, 5) is 81.7. The van der Waals surface area contributed by atoms with Crippen molar-refractivity contribution in [2.75, 3.05) is 29.0 Å². The fraction of sp³-hybridized carbons (Fsp3) is 0.418. The van der Waals surface area contributed by atoms with Gasteiger partial charge in [-0.2, -0.15) is 0 Å². The number of amides is 3. The molecule has 22 heteroatoms. The van der Waals surface area contributed by atoms with Gasteiger partial charge in [-0.25, -0.2) is 13.2 Å². The topological polar surface area (TPSA) is 188 Å². The Labute approximate surface area is 545 Å². The second kappa shape index (κ2) is 35.0. The first-order chi connectivity index (χ1) is 41.2. The van der Waals surface area contributed by atoms with Crippen LogP contribution in [0.3, 0.4) is 0 Å². The molecule has 6 aliphatic rings. The number of carbonyl (C=O) groups excluding carboxylic acids is 7. The molecule has 0 spiro atoms. The number of aliphatic hydroxyl groups is 1. The maximum absolute atomic E-state index is 13.5. The van der Waals surface area contributed by atoms with Gasteiger partial charge >= 0.3 is 53.4 Å². The van der Waals surface area contributed by atoms with Crippen molar-refractivity contribution in [3.8, 4) is 0 Å². The number of hydrogen-bond donors (Lipinski definition) is 5. The molecule has 7 radical (unpaired) electrons. The fourth-order valence-electron chi connectivity index (χ4n) is 11.3. The van der Waals surface area contributed by atoms with E-state index in [2.05, 4.69) is 97.4 Å². The number of ketones is 4. The first-order valence-corrected chi connectivity index (χ1v) is 32.1. The molecule has 9 rings (SSSR count). The number of carbonyl (C=O) groups is 7. The van der Waals surface area contributed by atoms with Crippen LogP contribution in [0.25, 0.3) is 5.57 Å². The summed E-state index contributed by atoms with van der Waals surface area (Å²) in [5.74, 6) is -4.49. The van der Waals surface area contributed by atoms with Gasteiger partial charge in [0.2, 0.25) is 0 Å². The number of halogens is 5. The van der Waals surface area contributed by atoms with E-state index >= 15 is 0 Å². The van der Waals surface area contributed by atoms with Crippen molar-refractivity contribution in [1.82, 2.24) is 5.32 Å². The van der Waals surface area contributed by atoms with Crippen molar-refractivity contribution in [3.63, 3.8) is 0 Å². The average Bonchev–Trinajstić information content (AvgIpc) is 3.44. The number of rotatable bonds is 13. The van der Waals surface area contributed by atoms with Crippen LogP contribution in [-0.4, -0.2) is 91.6 Å². The first-order valence-electron chi connectivity index (χ1n) is 29.6. The van der Waals surface area contributed by atoms with Gasteiger partial charge in [-0.05, 0) is 210 Å². The van der Waals surface area contributed by atoms with Crippen molar-refractivity contribution in [2.24, 2.45) is 16.2 Å². The molecule has 3 aliphatic heterocycles. The van der Waals surface area contributed by atoms with E-state index in [1.807, 2.05) is 12.2 Å². The summed E-state index contributed by atoms with van der Waals surface area (Å²) in [6, 6.07) is 11.4. The van der Waals surface area contributed by atoms with E-state index in [9.17, 15) is 51.8 Å². The molecule has 12 nitrogen and oxygen atoms in total. The van der Waals surface area contributed by atoms with Gasteiger partial charge in [-0.3, -0.25) is 33.6 Å². The molecule has 3 aliphatic carbocycles. The summed E-state index contributed by atoms with van der Waals surface area (Å²) in [5, 5.41) is 22.9. The SMILES string of the molecule is CC(=O)/C=C/C1=C(C)CCCC1(C)C.CC1=C(/C=C/C(=O)/C=C2/C(=O)Nc3ccc(F)cc32)C(C)(C)CCC1.CC1=C(/C=C/C(=O)CC2(O)C(=O)Nc3ccc(F)cc32)C(C)(C)CCC1.CCNCC.Cl.O=C1Nc2ccc(F)cc2C1=O.[B][B][I-]B([B])[B]. The van der Waals surface area contributed by atoms with Crippen LogP contribution in [0.4, 0.5) is 30.2 Å². The molecule has 89 heavy (non-hydrogen) atoms. The molecule has 0 saturated heterocycles. The van der Waals surface area contributed by atoms with Crippen LogP contribution in [0.1, 0.15) is 169 Å².